The fourth-order valence-corrected chi connectivity index (χ4v) is 1.58. The number of rotatable bonds is 6. The molecule has 0 aromatic heterocycles. The van der Waals surface area contributed by atoms with Crippen LogP contribution in [0.2, 0.25) is 25.7 Å². The van der Waals surface area contributed by atoms with Crippen LogP contribution in [0.1, 0.15) is 0 Å². The number of ether oxygens (including phenoxy) is 1. The van der Waals surface area contributed by atoms with E-state index < -0.39 is 14.2 Å². The maximum Gasteiger partial charge on any atom is 0.423 e. The lowest BCUT2D eigenvalue weighted by molar-refractivity contribution is -0.119. The molecule has 0 unspecified atom stereocenters. The first kappa shape index (κ1) is 15.6. The van der Waals surface area contributed by atoms with E-state index in [9.17, 15) is 9.59 Å². The van der Waals surface area contributed by atoms with E-state index in [2.05, 4.69) is 36.0 Å². The Balaban J connectivity index is 3.49. The highest BCUT2D eigenvalue weighted by molar-refractivity contribution is 14.1. The van der Waals surface area contributed by atoms with Gasteiger partial charge in [-0.05, 0) is 6.04 Å². The lowest BCUT2D eigenvalue weighted by atomic mass is 10.8. The molecule has 6 nitrogen and oxygen atoms in total. The molecule has 16 heavy (non-hydrogen) atoms. The average Bonchev–Trinajstić information content (AvgIpc) is 2.15. The van der Waals surface area contributed by atoms with Crippen molar-refractivity contribution in [3.8, 4) is 0 Å². The predicted octanol–water partition coefficient (Wildman–Crippen LogP) is 1.02. The third-order valence-corrected chi connectivity index (χ3v) is 3.97. The Morgan fingerprint density at radius 3 is 2.38 bits per heavy atom. The van der Waals surface area contributed by atoms with Crippen LogP contribution in [0.4, 0.5) is 4.79 Å². The summed E-state index contributed by atoms with van der Waals surface area (Å²) in [6, 6.07) is 0.917. The van der Waals surface area contributed by atoms with Crippen molar-refractivity contribution in [2.75, 3.05) is 11.0 Å². The van der Waals surface area contributed by atoms with E-state index >= 15 is 0 Å². The van der Waals surface area contributed by atoms with E-state index in [0.717, 1.165) is 6.04 Å². The highest BCUT2D eigenvalue weighted by atomic mass is 127. The zero-order chi connectivity index (χ0) is 12.6. The monoisotopic (exact) mass is 359 g/mol. The first-order chi connectivity index (χ1) is 7.35. The third kappa shape index (κ3) is 10.2. The van der Waals surface area contributed by atoms with E-state index in [1.54, 1.807) is 0 Å². The van der Waals surface area contributed by atoms with Crippen LogP contribution in [0.25, 0.3) is 0 Å². The number of carbonyl (C=O) groups excluding carboxylic acids is 2. The number of alkyl halides is 1. The van der Waals surface area contributed by atoms with Crippen LogP contribution in [-0.2, 0) is 9.53 Å². The van der Waals surface area contributed by atoms with Gasteiger partial charge in [-0.1, -0.05) is 42.2 Å². The first-order valence-corrected chi connectivity index (χ1v) is 10.1. The van der Waals surface area contributed by atoms with Crippen LogP contribution in [0.3, 0.4) is 0 Å². The minimum absolute atomic E-state index is 0.219. The molecule has 0 aliphatic carbocycles. The second kappa shape index (κ2) is 7.85. The van der Waals surface area contributed by atoms with Gasteiger partial charge in [0.2, 0.25) is 5.91 Å². The number of hydrogen-bond acceptors (Lipinski definition) is 4. The Hall–Kier alpha value is -0.353. The van der Waals surface area contributed by atoms with Gasteiger partial charge in [-0.2, -0.15) is 0 Å². The van der Waals surface area contributed by atoms with Crippen molar-refractivity contribution in [3.63, 3.8) is 0 Å². The molecule has 8 heteroatoms. The van der Waals surface area contributed by atoms with E-state index in [4.69, 9.17) is 4.74 Å². The molecule has 0 spiro atoms. The number of halogens is 1. The summed E-state index contributed by atoms with van der Waals surface area (Å²) in [5.41, 5.74) is 6.74. The van der Waals surface area contributed by atoms with Crippen molar-refractivity contribution in [1.82, 2.24) is 16.4 Å². The van der Waals surface area contributed by atoms with Gasteiger partial charge >= 0.3 is 6.09 Å². The van der Waals surface area contributed by atoms with Crippen LogP contribution in [0.15, 0.2) is 0 Å². The Morgan fingerprint density at radius 1 is 1.25 bits per heavy atom. The normalized spacial score (nSPS) is 10.8. The molecule has 0 rings (SSSR count). The largest absolute Gasteiger partial charge is 0.449 e. The summed E-state index contributed by atoms with van der Waals surface area (Å²) < 4.78 is 5.22. The lowest BCUT2D eigenvalue weighted by Crippen LogP contribution is -2.49. The Bertz CT molecular complexity index is 245. The fourth-order valence-electron chi connectivity index (χ4n) is 0.671. The zero-order valence-electron chi connectivity index (χ0n) is 9.72. The molecule has 94 valence electrons. The van der Waals surface area contributed by atoms with Gasteiger partial charge in [0.05, 0.1) is 11.0 Å². The number of hydrogen-bond donors (Lipinski definition) is 3. The summed E-state index contributed by atoms with van der Waals surface area (Å²) >= 11 is 1.91. The molecule has 2 amide bonds. The average molecular weight is 359 g/mol. The molecule has 0 aliphatic rings. The van der Waals surface area contributed by atoms with Gasteiger partial charge in [0, 0.05) is 8.07 Å². The van der Waals surface area contributed by atoms with Crippen LogP contribution < -0.4 is 16.4 Å². The maximum absolute atomic E-state index is 11.1. The number of nitrogens with one attached hydrogen (secondary N) is 3. The summed E-state index contributed by atoms with van der Waals surface area (Å²) in [4.78, 5) is 21.8. The van der Waals surface area contributed by atoms with Gasteiger partial charge in [0.25, 0.3) is 0 Å². The standard InChI is InChI=1S/C8H18IN3O3Si/c1-16(2,3)5-4-15-8(14)11-12-10-7(13)6-9/h12H,4-6H2,1-3H3,(H,10,13)(H,11,14). The Morgan fingerprint density at radius 2 is 1.88 bits per heavy atom. The van der Waals surface area contributed by atoms with Crippen molar-refractivity contribution in [3.05, 3.63) is 0 Å². The summed E-state index contributed by atoms with van der Waals surface area (Å²) in [5, 5.41) is 0. The van der Waals surface area contributed by atoms with Crippen LogP contribution in [-0.4, -0.2) is 31.1 Å². The van der Waals surface area contributed by atoms with Gasteiger partial charge in [0.1, 0.15) is 0 Å². The van der Waals surface area contributed by atoms with Gasteiger partial charge in [-0.15, -0.1) is 5.53 Å². The van der Waals surface area contributed by atoms with E-state index in [1.165, 1.54) is 0 Å². The third-order valence-electron chi connectivity index (χ3n) is 1.57. The molecule has 0 aromatic carbocycles. The summed E-state index contributed by atoms with van der Waals surface area (Å²) in [6.07, 6.45) is -0.591. The maximum atomic E-state index is 11.1. The highest BCUT2D eigenvalue weighted by Crippen LogP contribution is 2.07. The number of amides is 2. The van der Waals surface area contributed by atoms with Crippen molar-refractivity contribution in [2.24, 2.45) is 0 Å². The molecule has 0 bridgehead atoms. The second-order valence-electron chi connectivity index (χ2n) is 4.38. The molecule has 0 fully saturated rings. The molecule has 0 saturated carbocycles. The van der Waals surface area contributed by atoms with Crippen LogP contribution in [0.5, 0.6) is 0 Å². The van der Waals surface area contributed by atoms with Gasteiger partial charge in [-0.25, -0.2) is 10.2 Å². The molecular formula is C8H18IN3O3Si. The van der Waals surface area contributed by atoms with E-state index in [1.807, 2.05) is 22.6 Å². The topological polar surface area (TPSA) is 79.5 Å². The molecule has 3 N–H and O–H groups in total. The highest BCUT2D eigenvalue weighted by Gasteiger charge is 2.13. The molecular weight excluding hydrogens is 341 g/mol. The molecule has 0 radical (unpaired) electrons. The molecule has 0 heterocycles. The van der Waals surface area contributed by atoms with Gasteiger partial charge in [-0.3, -0.25) is 10.2 Å². The van der Waals surface area contributed by atoms with Crippen LogP contribution >= 0.6 is 22.6 Å². The Labute approximate surface area is 110 Å². The summed E-state index contributed by atoms with van der Waals surface area (Å²) in [6.45, 7) is 7.01. The second-order valence-corrected chi connectivity index (χ2v) is 10.8. The van der Waals surface area contributed by atoms with E-state index in [-0.39, 0.29) is 5.91 Å². The first-order valence-electron chi connectivity index (χ1n) is 4.88. The quantitative estimate of drug-likeness (QED) is 0.286. The van der Waals surface area contributed by atoms with E-state index in [0.29, 0.717) is 11.0 Å². The number of hydrazine groups is 2. The number of carbonyl (C=O) groups is 2. The molecule has 0 aromatic rings. The molecule has 0 saturated heterocycles. The minimum atomic E-state index is -1.18. The Kier molecular flexibility index (Phi) is 7.67. The smallest absolute Gasteiger partial charge is 0.423 e. The SMILES string of the molecule is C[Si](C)(C)CCOC(=O)NNNC(=O)CI. The predicted molar refractivity (Wildman–Crippen MR) is 72.8 cm³/mol. The molecule has 0 aliphatic heterocycles. The van der Waals surface area contributed by atoms with Gasteiger partial charge < -0.3 is 4.74 Å². The van der Waals surface area contributed by atoms with Crippen molar-refractivity contribution in [2.45, 2.75) is 25.7 Å². The van der Waals surface area contributed by atoms with Gasteiger partial charge in [0.15, 0.2) is 0 Å². The molecule has 0 atom stereocenters. The summed E-state index contributed by atoms with van der Waals surface area (Å²) in [5.74, 6) is -0.219. The van der Waals surface area contributed by atoms with Crippen molar-refractivity contribution < 1.29 is 14.3 Å². The van der Waals surface area contributed by atoms with Crippen molar-refractivity contribution >= 4 is 42.7 Å². The summed E-state index contributed by atoms with van der Waals surface area (Å²) in [7, 11) is -1.18. The van der Waals surface area contributed by atoms with Crippen LogP contribution in [0, 0.1) is 0 Å². The minimum Gasteiger partial charge on any atom is -0.449 e. The van der Waals surface area contributed by atoms with Crippen molar-refractivity contribution in [1.29, 1.82) is 0 Å². The zero-order valence-corrected chi connectivity index (χ0v) is 12.9. The fraction of sp³-hybridized carbons (Fsp3) is 0.750. The lowest BCUT2D eigenvalue weighted by Gasteiger charge is -2.15.